The van der Waals surface area contributed by atoms with Crippen LogP contribution in [-0.2, 0) is 6.54 Å². The standard InChI is InChI=1S/C15H28N4/c1-4-18(10-14-5-7-16-8-6-14)11-15-9-17-12-19(15)13(2)3/h9,12-14,16H,4-8,10-11H2,1-3H3. The molecule has 0 radical (unpaired) electrons. The van der Waals surface area contributed by atoms with Crippen LogP contribution in [0.25, 0.3) is 0 Å². The van der Waals surface area contributed by atoms with Crippen molar-refractivity contribution in [1.29, 1.82) is 0 Å². The van der Waals surface area contributed by atoms with E-state index in [-0.39, 0.29) is 0 Å². The summed E-state index contributed by atoms with van der Waals surface area (Å²) in [5.41, 5.74) is 1.34. The Hall–Kier alpha value is -0.870. The lowest BCUT2D eigenvalue weighted by atomic mass is 9.97. The summed E-state index contributed by atoms with van der Waals surface area (Å²) in [4.78, 5) is 6.87. The molecule has 1 aromatic rings. The monoisotopic (exact) mass is 264 g/mol. The van der Waals surface area contributed by atoms with E-state index in [2.05, 4.69) is 40.5 Å². The first kappa shape index (κ1) is 14.5. The van der Waals surface area contributed by atoms with Gasteiger partial charge in [0.25, 0.3) is 0 Å². The topological polar surface area (TPSA) is 33.1 Å². The number of aromatic nitrogens is 2. The Bertz CT molecular complexity index is 366. The van der Waals surface area contributed by atoms with Crippen molar-refractivity contribution in [3.05, 3.63) is 18.2 Å². The van der Waals surface area contributed by atoms with E-state index in [0.717, 1.165) is 19.0 Å². The van der Waals surface area contributed by atoms with Crippen LogP contribution in [0.3, 0.4) is 0 Å². The van der Waals surface area contributed by atoms with Gasteiger partial charge in [-0.3, -0.25) is 4.90 Å². The molecule has 4 nitrogen and oxygen atoms in total. The molecule has 0 spiro atoms. The Balaban J connectivity index is 1.92. The lowest BCUT2D eigenvalue weighted by Crippen LogP contribution is -2.36. The maximum Gasteiger partial charge on any atom is 0.0951 e. The number of nitrogens with one attached hydrogen (secondary N) is 1. The van der Waals surface area contributed by atoms with Gasteiger partial charge in [-0.05, 0) is 52.2 Å². The van der Waals surface area contributed by atoms with Crippen LogP contribution < -0.4 is 5.32 Å². The van der Waals surface area contributed by atoms with Gasteiger partial charge in [-0.1, -0.05) is 6.92 Å². The molecule has 1 aromatic heterocycles. The van der Waals surface area contributed by atoms with E-state index in [1.165, 1.54) is 38.2 Å². The van der Waals surface area contributed by atoms with Gasteiger partial charge < -0.3 is 9.88 Å². The van der Waals surface area contributed by atoms with Crippen molar-refractivity contribution in [2.24, 2.45) is 5.92 Å². The Morgan fingerprint density at radius 2 is 2.16 bits per heavy atom. The van der Waals surface area contributed by atoms with Crippen molar-refractivity contribution in [2.75, 3.05) is 26.2 Å². The molecule has 0 atom stereocenters. The molecule has 1 N–H and O–H groups in total. The highest BCUT2D eigenvalue weighted by Gasteiger charge is 2.17. The second-order valence-electron chi connectivity index (χ2n) is 5.91. The van der Waals surface area contributed by atoms with E-state index >= 15 is 0 Å². The van der Waals surface area contributed by atoms with Crippen LogP contribution in [0.15, 0.2) is 12.5 Å². The smallest absolute Gasteiger partial charge is 0.0951 e. The summed E-state index contributed by atoms with van der Waals surface area (Å²) in [5, 5.41) is 3.44. The van der Waals surface area contributed by atoms with Crippen molar-refractivity contribution < 1.29 is 0 Å². The van der Waals surface area contributed by atoms with Gasteiger partial charge in [-0.25, -0.2) is 4.98 Å². The molecule has 1 aliphatic heterocycles. The summed E-state index contributed by atoms with van der Waals surface area (Å²) in [5.74, 6) is 0.858. The summed E-state index contributed by atoms with van der Waals surface area (Å²) in [7, 11) is 0. The van der Waals surface area contributed by atoms with Crippen LogP contribution in [0, 0.1) is 5.92 Å². The van der Waals surface area contributed by atoms with E-state index in [9.17, 15) is 0 Å². The number of hydrogen-bond donors (Lipinski definition) is 1. The minimum Gasteiger partial charge on any atom is -0.331 e. The number of imidazole rings is 1. The summed E-state index contributed by atoms with van der Waals surface area (Å²) in [6, 6.07) is 0.495. The number of piperidine rings is 1. The highest BCUT2D eigenvalue weighted by atomic mass is 15.2. The Morgan fingerprint density at radius 3 is 2.79 bits per heavy atom. The number of rotatable bonds is 6. The summed E-state index contributed by atoms with van der Waals surface area (Å²) < 4.78 is 2.28. The normalized spacial score (nSPS) is 17.5. The van der Waals surface area contributed by atoms with Crippen molar-refractivity contribution in [3.63, 3.8) is 0 Å². The Morgan fingerprint density at radius 1 is 1.42 bits per heavy atom. The van der Waals surface area contributed by atoms with Crippen LogP contribution in [0.1, 0.15) is 45.3 Å². The predicted molar refractivity (Wildman–Crippen MR) is 79.2 cm³/mol. The molecule has 19 heavy (non-hydrogen) atoms. The van der Waals surface area contributed by atoms with Gasteiger partial charge in [0.05, 0.1) is 12.0 Å². The van der Waals surface area contributed by atoms with Gasteiger partial charge >= 0.3 is 0 Å². The van der Waals surface area contributed by atoms with Gasteiger partial charge in [0.1, 0.15) is 0 Å². The third kappa shape index (κ3) is 4.05. The van der Waals surface area contributed by atoms with Crippen molar-refractivity contribution in [1.82, 2.24) is 19.8 Å². The zero-order valence-electron chi connectivity index (χ0n) is 12.6. The van der Waals surface area contributed by atoms with Crippen molar-refractivity contribution in [3.8, 4) is 0 Å². The second-order valence-corrected chi connectivity index (χ2v) is 5.91. The number of nitrogens with zero attached hydrogens (tertiary/aromatic N) is 3. The molecular formula is C15H28N4. The molecule has 1 aliphatic rings. The lowest BCUT2D eigenvalue weighted by Gasteiger charge is -2.29. The third-order valence-corrected chi connectivity index (χ3v) is 4.11. The maximum absolute atomic E-state index is 4.30. The van der Waals surface area contributed by atoms with Gasteiger partial charge in [0.2, 0.25) is 0 Å². The van der Waals surface area contributed by atoms with Crippen LogP contribution in [0.2, 0.25) is 0 Å². The molecule has 0 aromatic carbocycles. The molecule has 1 saturated heterocycles. The van der Waals surface area contributed by atoms with Gasteiger partial charge in [-0.15, -0.1) is 0 Å². The van der Waals surface area contributed by atoms with Crippen molar-refractivity contribution >= 4 is 0 Å². The summed E-state index contributed by atoms with van der Waals surface area (Å²) in [6.45, 7) is 12.4. The molecule has 2 rings (SSSR count). The molecule has 0 saturated carbocycles. The fourth-order valence-electron chi connectivity index (χ4n) is 2.88. The molecule has 2 heterocycles. The summed E-state index contributed by atoms with van der Waals surface area (Å²) >= 11 is 0. The first-order chi connectivity index (χ1) is 9.20. The van der Waals surface area contributed by atoms with Crippen LogP contribution >= 0.6 is 0 Å². The van der Waals surface area contributed by atoms with Gasteiger partial charge in [-0.2, -0.15) is 0 Å². The SMILES string of the molecule is CCN(Cc1cncn1C(C)C)CC1CCNCC1. The molecule has 0 bridgehead atoms. The minimum atomic E-state index is 0.495. The average molecular weight is 264 g/mol. The largest absolute Gasteiger partial charge is 0.331 e. The van der Waals surface area contributed by atoms with E-state index in [0.29, 0.717) is 6.04 Å². The first-order valence-corrected chi connectivity index (χ1v) is 7.64. The number of hydrogen-bond acceptors (Lipinski definition) is 3. The highest BCUT2D eigenvalue weighted by molar-refractivity contribution is 4.99. The van der Waals surface area contributed by atoms with E-state index in [4.69, 9.17) is 0 Å². The zero-order chi connectivity index (χ0) is 13.7. The fourth-order valence-corrected chi connectivity index (χ4v) is 2.88. The molecule has 108 valence electrons. The molecule has 0 amide bonds. The van der Waals surface area contributed by atoms with Gasteiger partial charge in [0.15, 0.2) is 0 Å². The second kappa shape index (κ2) is 7.06. The van der Waals surface area contributed by atoms with Gasteiger partial charge in [0, 0.05) is 25.3 Å². The Labute approximate surface area is 117 Å². The summed E-state index contributed by atoms with van der Waals surface area (Å²) in [6.07, 6.45) is 6.61. The molecule has 1 fully saturated rings. The molecular weight excluding hydrogens is 236 g/mol. The maximum atomic E-state index is 4.30. The zero-order valence-corrected chi connectivity index (χ0v) is 12.6. The van der Waals surface area contributed by atoms with E-state index < -0.39 is 0 Å². The fraction of sp³-hybridized carbons (Fsp3) is 0.800. The lowest BCUT2D eigenvalue weighted by molar-refractivity contribution is 0.202. The van der Waals surface area contributed by atoms with Crippen LogP contribution in [-0.4, -0.2) is 40.6 Å². The quantitative estimate of drug-likeness (QED) is 0.856. The van der Waals surface area contributed by atoms with Crippen LogP contribution in [0.4, 0.5) is 0 Å². The van der Waals surface area contributed by atoms with E-state index in [1.54, 1.807) is 0 Å². The third-order valence-electron chi connectivity index (χ3n) is 4.11. The molecule has 0 aliphatic carbocycles. The predicted octanol–water partition coefficient (Wildman–Crippen LogP) is 2.29. The average Bonchev–Trinajstić information content (AvgIpc) is 2.87. The van der Waals surface area contributed by atoms with Crippen LogP contribution in [0.5, 0.6) is 0 Å². The Kier molecular flexibility index (Phi) is 5.40. The van der Waals surface area contributed by atoms with E-state index in [1.807, 2.05) is 12.5 Å². The molecule has 0 unspecified atom stereocenters. The minimum absolute atomic E-state index is 0.495. The highest BCUT2D eigenvalue weighted by Crippen LogP contribution is 2.16. The first-order valence-electron chi connectivity index (χ1n) is 7.64. The van der Waals surface area contributed by atoms with Crippen molar-refractivity contribution in [2.45, 2.75) is 46.2 Å². The molecule has 4 heteroatoms.